The Labute approximate surface area is 144 Å². The molecule has 1 rings (SSSR count). The molecule has 0 fully saturated rings. The molecule has 7 nitrogen and oxygen atoms in total. The maximum Gasteiger partial charge on any atom is 0.222 e. The summed E-state index contributed by atoms with van der Waals surface area (Å²) in [7, 11) is -0.342. The second kappa shape index (κ2) is 8.89. The summed E-state index contributed by atoms with van der Waals surface area (Å²) >= 11 is 0. The molecule has 0 aliphatic carbocycles. The summed E-state index contributed by atoms with van der Waals surface area (Å²) in [6.45, 7) is 4.22. The van der Waals surface area contributed by atoms with Gasteiger partial charge in [-0.05, 0) is 17.7 Å². The zero-order chi connectivity index (χ0) is 18.3. The molecule has 0 saturated carbocycles. The molecule has 24 heavy (non-hydrogen) atoms. The fourth-order valence-corrected chi connectivity index (χ4v) is 2.86. The molecule has 136 valence electrons. The van der Waals surface area contributed by atoms with Gasteiger partial charge in [-0.1, -0.05) is 19.9 Å². The Morgan fingerprint density at radius 3 is 2.33 bits per heavy atom. The molecule has 0 aliphatic heterocycles. The van der Waals surface area contributed by atoms with Crippen LogP contribution in [-0.4, -0.2) is 52.2 Å². The summed E-state index contributed by atoms with van der Waals surface area (Å²) in [5.74, 6) is 0.880. The number of nitrogens with one attached hydrogen (secondary N) is 1. The Morgan fingerprint density at radius 2 is 1.83 bits per heavy atom. The van der Waals surface area contributed by atoms with Gasteiger partial charge in [-0.2, -0.15) is 4.31 Å². The summed E-state index contributed by atoms with van der Waals surface area (Å²) in [5.41, 5.74) is 0.772. The molecule has 0 heterocycles. The van der Waals surface area contributed by atoms with Gasteiger partial charge in [0, 0.05) is 25.6 Å². The van der Waals surface area contributed by atoms with Crippen LogP contribution in [0.4, 0.5) is 0 Å². The fraction of sp³-hybridized carbons (Fsp3) is 0.562. The first-order chi connectivity index (χ1) is 11.2. The number of rotatable bonds is 9. The Hall–Kier alpha value is -1.80. The third-order valence-corrected chi connectivity index (χ3v) is 4.71. The van der Waals surface area contributed by atoms with Crippen LogP contribution in [0, 0.1) is 5.92 Å². The van der Waals surface area contributed by atoms with Gasteiger partial charge in [0.2, 0.25) is 15.9 Å². The highest BCUT2D eigenvalue weighted by atomic mass is 32.2. The molecular formula is C16H26N2O5S. The summed E-state index contributed by atoms with van der Waals surface area (Å²) in [6, 6.07) is 5.26. The molecule has 0 atom stereocenters. The summed E-state index contributed by atoms with van der Waals surface area (Å²) in [4.78, 5) is 11.6. The quantitative estimate of drug-likeness (QED) is 0.718. The number of hydrogen-bond acceptors (Lipinski definition) is 5. The lowest BCUT2D eigenvalue weighted by atomic mass is 10.2. The van der Waals surface area contributed by atoms with Crippen molar-refractivity contribution in [3.8, 4) is 11.5 Å². The minimum absolute atomic E-state index is 0.102. The second-order valence-corrected chi connectivity index (χ2v) is 7.71. The van der Waals surface area contributed by atoms with Crippen LogP contribution in [0.5, 0.6) is 11.5 Å². The van der Waals surface area contributed by atoms with Gasteiger partial charge in [-0.25, -0.2) is 8.42 Å². The van der Waals surface area contributed by atoms with Crippen molar-refractivity contribution in [2.75, 3.05) is 33.6 Å². The van der Waals surface area contributed by atoms with Gasteiger partial charge < -0.3 is 14.8 Å². The van der Waals surface area contributed by atoms with Gasteiger partial charge in [-0.15, -0.1) is 0 Å². The smallest absolute Gasteiger partial charge is 0.222 e. The molecule has 1 aromatic carbocycles. The Morgan fingerprint density at radius 1 is 1.21 bits per heavy atom. The number of nitrogens with zero attached hydrogens (tertiary/aromatic N) is 1. The highest BCUT2D eigenvalue weighted by Crippen LogP contribution is 2.28. The van der Waals surface area contributed by atoms with Crippen molar-refractivity contribution in [2.24, 2.45) is 5.92 Å². The largest absolute Gasteiger partial charge is 0.493 e. The fourth-order valence-electron chi connectivity index (χ4n) is 2.05. The number of hydrogen-bond donors (Lipinski definition) is 1. The monoisotopic (exact) mass is 358 g/mol. The van der Waals surface area contributed by atoms with Gasteiger partial charge in [0.05, 0.1) is 20.5 Å². The molecule has 0 saturated heterocycles. The Balaban J connectivity index is 2.82. The van der Waals surface area contributed by atoms with Crippen molar-refractivity contribution < 1.29 is 22.7 Å². The van der Waals surface area contributed by atoms with E-state index in [1.54, 1.807) is 32.0 Å². The average molecular weight is 358 g/mol. The van der Waals surface area contributed by atoms with Crippen molar-refractivity contribution in [3.63, 3.8) is 0 Å². The summed E-state index contributed by atoms with van der Waals surface area (Å²) in [5, 5.41) is 2.72. The van der Waals surface area contributed by atoms with Crippen LogP contribution < -0.4 is 14.8 Å². The number of sulfonamides is 1. The van der Waals surface area contributed by atoms with Gasteiger partial charge >= 0.3 is 0 Å². The molecule has 0 bridgehead atoms. The SMILES string of the molecule is COc1ccc(CN(CCNC(=O)C(C)C)S(C)(=O)=O)cc1OC. The average Bonchev–Trinajstić information content (AvgIpc) is 2.52. The molecule has 1 aromatic rings. The van der Waals surface area contributed by atoms with Gasteiger partial charge in [0.15, 0.2) is 11.5 Å². The van der Waals surface area contributed by atoms with Gasteiger partial charge in [0.25, 0.3) is 0 Å². The van der Waals surface area contributed by atoms with Crippen molar-refractivity contribution in [1.29, 1.82) is 0 Å². The predicted octanol–water partition coefficient (Wildman–Crippen LogP) is 1.24. The van der Waals surface area contributed by atoms with E-state index in [4.69, 9.17) is 9.47 Å². The molecular weight excluding hydrogens is 332 g/mol. The van der Waals surface area contributed by atoms with E-state index >= 15 is 0 Å². The topological polar surface area (TPSA) is 84.9 Å². The van der Waals surface area contributed by atoms with E-state index in [1.807, 2.05) is 0 Å². The number of methoxy groups -OCH3 is 2. The standard InChI is InChI=1S/C16H26N2O5S/c1-12(2)16(19)17-8-9-18(24(5,20)21)11-13-6-7-14(22-3)15(10-13)23-4/h6-7,10,12H,8-9,11H2,1-5H3,(H,17,19). The number of carbonyl (C=O) groups excluding carboxylic acids is 1. The van der Waals surface area contributed by atoms with Crippen molar-refractivity contribution in [1.82, 2.24) is 9.62 Å². The first-order valence-electron chi connectivity index (χ1n) is 7.62. The number of benzene rings is 1. The van der Waals surface area contributed by atoms with Gasteiger partial charge in [0.1, 0.15) is 0 Å². The zero-order valence-electron chi connectivity index (χ0n) is 14.8. The van der Waals surface area contributed by atoms with Crippen LogP contribution >= 0.6 is 0 Å². The molecule has 0 aromatic heterocycles. The maximum absolute atomic E-state index is 12.0. The van der Waals surface area contributed by atoms with Crippen LogP contribution in [0.25, 0.3) is 0 Å². The molecule has 8 heteroatoms. The van der Waals surface area contributed by atoms with E-state index < -0.39 is 10.0 Å². The molecule has 0 radical (unpaired) electrons. The Kier molecular flexibility index (Phi) is 7.50. The summed E-state index contributed by atoms with van der Waals surface area (Å²) in [6.07, 6.45) is 1.15. The van der Waals surface area contributed by atoms with E-state index in [1.165, 1.54) is 18.5 Å². The Bertz CT molecular complexity index is 658. The van der Waals surface area contributed by atoms with Crippen molar-refractivity contribution in [2.45, 2.75) is 20.4 Å². The number of amides is 1. The first kappa shape index (κ1) is 20.2. The van der Waals surface area contributed by atoms with Crippen LogP contribution in [-0.2, 0) is 21.4 Å². The van der Waals surface area contributed by atoms with Gasteiger partial charge in [-0.3, -0.25) is 4.79 Å². The molecule has 1 N–H and O–H groups in total. The van der Waals surface area contributed by atoms with Crippen LogP contribution in [0.3, 0.4) is 0 Å². The van der Waals surface area contributed by atoms with E-state index in [-0.39, 0.29) is 31.5 Å². The highest BCUT2D eigenvalue weighted by Gasteiger charge is 2.18. The van der Waals surface area contributed by atoms with Crippen molar-refractivity contribution >= 4 is 15.9 Å². The summed E-state index contributed by atoms with van der Waals surface area (Å²) < 4.78 is 35.7. The van der Waals surface area contributed by atoms with E-state index in [0.717, 1.165) is 11.8 Å². The van der Waals surface area contributed by atoms with Crippen LogP contribution in [0.2, 0.25) is 0 Å². The first-order valence-corrected chi connectivity index (χ1v) is 9.47. The van der Waals surface area contributed by atoms with E-state index in [2.05, 4.69) is 5.32 Å². The highest BCUT2D eigenvalue weighted by molar-refractivity contribution is 7.88. The lowest BCUT2D eigenvalue weighted by Crippen LogP contribution is -2.38. The molecule has 0 aliphatic rings. The molecule has 0 unspecified atom stereocenters. The molecule has 0 spiro atoms. The van der Waals surface area contributed by atoms with Crippen LogP contribution in [0.15, 0.2) is 18.2 Å². The maximum atomic E-state index is 12.0. The van der Waals surface area contributed by atoms with E-state index in [0.29, 0.717) is 11.5 Å². The lowest BCUT2D eigenvalue weighted by Gasteiger charge is -2.21. The number of ether oxygens (including phenoxy) is 2. The minimum Gasteiger partial charge on any atom is -0.493 e. The van der Waals surface area contributed by atoms with Crippen LogP contribution in [0.1, 0.15) is 19.4 Å². The molecule has 1 amide bonds. The zero-order valence-corrected chi connectivity index (χ0v) is 15.6. The number of carbonyl (C=O) groups is 1. The third-order valence-electron chi connectivity index (χ3n) is 3.46. The van der Waals surface area contributed by atoms with Crippen molar-refractivity contribution in [3.05, 3.63) is 23.8 Å². The lowest BCUT2D eigenvalue weighted by molar-refractivity contribution is -0.123. The normalized spacial score (nSPS) is 11.6. The second-order valence-electron chi connectivity index (χ2n) is 5.73. The van der Waals surface area contributed by atoms with E-state index in [9.17, 15) is 13.2 Å². The predicted molar refractivity (Wildman–Crippen MR) is 92.6 cm³/mol. The minimum atomic E-state index is -3.41. The third kappa shape index (κ3) is 6.01.